The Morgan fingerprint density at radius 3 is 2.55 bits per heavy atom. The van der Waals surface area contributed by atoms with E-state index in [2.05, 4.69) is 11.7 Å². The highest BCUT2D eigenvalue weighted by Crippen LogP contribution is 2.08. The van der Waals surface area contributed by atoms with Crippen LogP contribution in [0.3, 0.4) is 0 Å². The molecule has 0 saturated carbocycles. The molecule has 2 atom stereocenters. The second kappa shape index (κ2) is 5.13. The van der Waals surface area contributed by atoms with Crippen LogP contribution < -0.4 is 5.73 Å². The molecule has 0 aromatic carbocycles. The van der Waals surface area contributed by atoms with E-state index < -0.39 is 0 Å². The molecule has 0 aliphatic carbocycles. The fourth-order valence-corrected chi connectivity index (χ4v) is 0.780. The first kappa shape index (κ1) is 10.4. The van der Waals surface area contributed by atoms with Crippen molar-refractivity contribution >= 4 is 5.97 Å². The van der Waals surface area contributed by atoms with Gasteiger partial charge in [0.2, 0.25) is 0 Å². The first-order valence-electron chi connectivity index (χ1n) is 3.94. The Morgan fingerprint density at radius 1 is 1.64 bits per heavy atom. The highest BCUT2D eigenvalue weighted by Gasteiger charge is 2.14. The van der Waals surface area contributed by atoms with E-state index in [-0.39, 0.29) is 12.0 Å². The summed E-state index contributed by atoms with van der Waals surface area (Å²) in [5.41, 5.74) is 5.70. The maximum absolute atomic E-state index is 10.7. The van der Waals surface area contributed by atoms with Crippen LogP contribution in [-0.2, 0) is 9.53 Å². The van der Waals surface area contributed by atoms with E-state index >= 15 is 0 Å². The lowest BCUT2D eigenvalue weighted by Crippen LogP contribution is -2.30. The predicted molar refractivity (Wildman–Crippen MR) is 44.1 cm³/mol. The molecule has 0 unspecified atom stereocenters. The molecule has 3 heteroatoms. The van der Waals surface area contributed by atoms with Crippen LogP contribution in [0.15, 0.2) is 0 Å². The van der Waals surface area contributed by atoms with Crippen molar-refractivity contribution in [3.63, 3.8) is 0 Å². The molecular weight excluding hydrogens is 142 g/mol. The topological polar surface area (TPSA) is 52.3 Å². The molecule has 0 radical (unpaired) electrons. The number of hydrogen-bond donors (Lipinski definition) is 1. The third-order valence-electron chi connectivity index (χ3n) is 2.00. The SMILES string of the molecule is CC[C@@H](C)[C@@H](N)CC(=O)OC. The zero-order valence-corrected chi connectivity index (χ0v) is 7.46. The largest absolute Gasteiger partial charge is 0.469 e. The number of hydrogen-bond acceptors (Lipinski definition) is 3. The maximum atomic E-state index is 10.7. The highest BCUT2D eigenvalue weighted by atomic mass is 16.5. The Balaban J connectivity index is 3.67. The molecule has 0 spiro atoms. The Labute approximate surface area is 67.9 Å². The van der Waals surface area contributed by atoms with Gasteiger partial charge in [0, 0.05) is 6.04 Å². The Hall–Kier alpha value is -0.570. The summed E-state index contributed by atoms with van der Waals surface area (Å²) >= 11 is 0. The molecule has 66 valence electrons. The van der Waals surface area contributed by atoms with Gasteiger partial charge < -0.3 is 10.5 Å². The Morgan fingerprint density at radius 2 is 2.18 bits per heavy atom. The number of esters is 1. The molecule has 0 amide bonds. The van der Waals surface area contributed by atoms with Gasteiger partial charge in [-0.2, -0.15) is 0 Å². The van der Waals surface area contributed by atoms with E-state index in [0.717, 1.165) is 6.42 Å². The molecule has 0 saturated heterocycles. The normalized spacial score (nSPS) is 15.6. The molecule has 0 aliphatic rings. The average molecular weight is 159 g/mol. The third-order valence-corrected chi connectivity index (χ3v) is 2.00. The number of carbonyl (C=O) groups is 1. The number of nitrogens with two attached hydrogens (primary N) is 1. The lowest BCUT2D eigenvalue weighted by molar-refractivity contribution is -0.141. The molecule has 0 rings (SSSR count). The number of carbonyl (C=O) groups excluding carboxylic acids is 1. The van der Waals surface area contributed by atoms with E-state index in [9.17, 15) is 4.79 Å². The predicted octanol–water partition coefficient (Wildman–Crippen LogP) is 0.923. The van der Waals surface area contributed by atoms with Gasteiger partial charge >= 0.3 is 5.97 Å². The smallest absolute Gasteiger partial charge is 0.307 e. The van der Waals surface area contributed by atoms with Gasteiger partial charge in [0.15, 0.2) is 0 Å². The highest BCUT2D eigenvalue weighted by molar-refractivity contribution is 5.69. The van der Waals surface area contributed by atoms with Gasteiger partial charge in [0.1, 0.15) is 0 Å². The molecule has 0 heterocycles. The molecule has 0 aliphatic heterocycles. The lowest BCUT2D eigenvalue weighted by atomic mass is 9.97. The first-order valence-corrected chi connectivity index (χ1v) is 3.94. The summed E-state index contributed by atoms with van der Waals surface area (Å²) in [7, 11) is 1.38. The van der Waals surface area contributed by atoms with E-state index in [1.54, 1.807) is 0 Å². The van der Waals surface area contributed by atoms with Crippen LogP contribution in [-0.4, -0.2) is 19.1 Å². The maximum Gasteiger partial charge on any atom is 0.307 e. The summed E-state index contributed by atoms with van der Waals surface area (Å²) in [5, 5.41) is 0. The third kappa shape index (κ3) is 3.98. The summed E-state index contributed by atoms with van der Waals surface area (Å²) in [6, 6.07) is -0.0625. The van der Waals surface area contributed by atoms with Crippen molar-refractivity contribution in [3.8, 4) is 0 Å². The van der Waals surface area contributed by atoms with Crippen molar-refractivity contribution in [2.45, 2.75) is 32.7 Å². The molecule has 0 bridgehead atoms. The van der Waals surface area contributed by atoms with E-state index in [1.807, 2.05) is 6.92 Å². The average Bonchev–Trinajstić information content (AvgIpc) is 2.02. The van der Waals surface area contributed by atoms with Crippen molar-refractivity contribution < 1.29 is 9.53 Å². The second-order valence-electron chi connectivity index (χ2n) is 2.83. The molecule has 0 fully saturated rings. The van der Waals surface area contributed by atoms with Crippen molar-refractivity contribution in [2.75, 3.05) is 7.11 Å². The minimum atomic E-state index is -0.224. The summed E-state index contributed by atoms with van der Waals surface area (Å²) in [6.45, 7) is 4.09. The van der Waals surface area contributed by atoms with Gasteiger partial charge in [-0.3, -0.25) is 4.79 Å². The molecule has 2 N–H and O–H groups in total. The first-order chi connectivity index (χ1) is 5.11. The van der Waals surface area contributed by atoms with Gasteiger partial charge in [-0.05, 0) is 5.92 Å². The monoisotopic (exact) mass is 159 g/mol. The van der Waals surface area contributed by atoms with Crippen molar-refractivity contribution in [3.05, 3.63) is 0 Å². The van der Waals surface area contributed by atoms with Crippen LogP contribution in [0, 0.1) is 5.92 Å². The number of ether oxygens (including phenoxy) is 1. The molecule has 0 aromatic heterocycles. The second-order valence-corrected chi connectivity index (χ2v) is 2.83. The van der Waals surface area contributed by atoms with E-state index in [1.165, 1.54) is 7.11 Å². The number of methoxy groups -OCH3 is 1. The summed E-state index contributed by atoms with van der Waals surface area (Å²) < 4.78 is 4.50. The van der Waals surface area contributed by atoms with Crippen LogP contribution in [0.1, 0.15) is 26.7 Å². The quantitative estimate of drug-likeness (QED) is 0.621. The van der Waals surface area contributed by atoms with E-state index in [4.69, 9.17) is 5.73 Å². The van der Waals surface area contributed by atoms with Crippen molar-refractivity contribution in [1.82, 2.24) is 0 Å². The van der Waals surface area contributed by atoms with Crippen LogP contribution >= 0.6 is 0 Å². The van der Waals surface area contributed by atoms with Crippen LogP contribution in [0.4, 0.5) is 0 Å². The van der Waals surface area contributed by atoms with Crippen LogP contribution in [0.25, 0.3) is 0 Å². The van der Waals surface area contributed by atoms with Gasteiger partial charge in [0.05, 0.1) is 13.5 Å². The van der Waals surface area contributed by atoms with Gasteiger partial charge in [-0.15, -0.1) is 0 Å². The van der Waals surface area contributed by atoms with Crippen molar-refractivity contribution in [1.29, 1.82) is 0 Å². The summed E-state index contributed by atoms with van der Waals surface area (Å²) in [5.74, 6) is 0.159. The Bertz CT molecular complexity index is 125. The van der Waals surface area contributed by atoms with Crippen LogP contribution in [0.5, 0.6) is 0 Å². The molecule has 11 heavy (non-hydrogen) atoms. The summed E-state index contributed by atoms with van der Waals surface area (Å²) in [4.78, 5) is 10.7. The zero-order chi connectivity index (χ0) is 8.85. The number of rotatable bonds is 4. The van der Waals surface area contributed by atoms with E-state index in [0.29, 0.717) is 12.3 Å². The molecular formula is C8H17NO2. The van der Waals surface area contributed by atoms with Gasteiger partial charge in [-0.1, -0.05) is 20.3 Å². The van der Waals surface area contributed by atoms with Gasteiger partial charge in [-0.25, -0.2) is 0 Å². The zero-order valence-electron chi connectivity index (χ0n) is 7.46. The molecule has 3 nitrogen and oxygen atoms in total. The minimum absolute atomic E-state index is 0.0625. The fourth-order valence-electron chi connectivity index (χ4n) is 0.780. The lowest BCUT2D eigenvalue weighted by Gasteiger charge is -2.16. The van der Waals surface area contributed by atoms with Gasteiger partial charge in [0.25, 0.3) is 0 Å². The van der Waals surface area contributed by atoms with Crippen LogP contribution in [0.2, 0.25) is 0 Å². The Kier molecular flexibility index (Phi) is 4.86. The van der Waals surface area contributed by atoms with Crippen molar-refractivity contribution in [2.24, 2.45) is 11.7 Å². The summed E-state index contributed by atoms with van der Waals surface area (Å²) in [6.07, 6.45) is 1.32. The standard InChI is InChI=1S/C8H17NO2/c1-4-6(2)7(9)5-8(10)11-3/h6-7H,4-5,9H2,1-3H3/t6-,7+/m1/s1. The minimum Gasteiger partial charge on any atom is -0.469 e. The molecule has 0 aromatic rings. The fraction of sp³-hybridized carbons (Fsp3) is 0.875.